The number of likely N-dealkylation sites (tertiary alicyclic amines) is 1. The normalized spacial score (nSPS) is 19.7. The summed E-state index contributed by atoms with van der Waals surface area (Å²) >= 11 is 0. The number of aliphatic hydroxyl groups excluding tert-OH is 1. The van der Waals surface area contributed by atoms with E-state index in [4.69, 9.17) is 13.9 Å². The SMILES string of the molecule is CCN(CC)CCCN1C(=O)C(=O)/C(=C(\O)c2ccc3c(c2)OCCO3)[C@@H]1c1ccco1. The fourth-order valence-corrected chi connectivity index (χ4v) is 4.20. The van der Waals surface area contributed by atoms with Crippen LogP contribution in [0.4, 0.5) is 0 Å². The molecule has 1 N–H and O–H groups in total. The van der Waals surface area contributed by atoms with Crippen molar-refractivity contribution in [1.29, 1.82) is 0 Å². The number of carbonyl (C=O) groups excluding carboxylic acids is 2. The van der Waals surface area contributed by atoms with Gasteiger partial charge in [-0.3, -0.25) is 9.59 Å². The zero-order valence-corrected chi connectivity index (χ0v) is 18.4. The highest BCUT2D eigenvalue weighted by Gasteiger charge is 2.47. The van der Waals surface area contributed by atoms with Crippen molar-refractivity contribution in [2.75, 3.05) is 39.4 Å². The maximum absolute atomic E-state index is 13.0. The van der Waals surface area contributed by atoms with E-state index in [0.29, 0.717) is 49.0 Å². The molecule has 32 heavy (non-hydrogen) atoms. The molecule has 0 spiro atoms. The zero-order chi connectivity index (χ0) is 22.7. The lowest BCUT2D eigenvalue weighted by Crippen LogP contribution is -2.33. The Morgan fingerprint density at radius 3 is 2.56 bits per heavy atom. The lowest BCUT2D eigenvalue weighted by atomic mass is 9.99. The molecule has 2 aliphatic heterocycles. The Hall–Kier alpha value is -3.26. The average molecular weight is 440 g/mol. The third-order valence-electron chi connectivity index (χ3n) is 5.94. The number of nitrogens with zero attached hydrogens (tertiary/aromatic N) is 2. The molecule has 1 saturated heterocycles. The highest BCUT2D eigenvalue weighted by atomic mass is 16.6. The summed E-state index contributed by atoms with van der Waals surface area (Å²) in [5, 5.41) is 11.1. The quantitative estimate of drug-likeness (QED) is 0.383. The first kappa shape index (κ1) is 22.0. The van der Waals surface area contributed by atoms with Gasteiger partial charge in [-0.1, -0.05) is 13.8 Å². The molecule has 2 aliphatic rings. The first-order valence-electron chi connectivity index (χ1n) is 11.0. The van der Waals surface area contributed by atoms with Crippen molar-refractivity contribution in [1.82, 2.24) is 9.80 Å². The predicted octanol–water partition coefficient (Wildman–Crippen LogP) is 3.20. The number of rotatable bonds is 8. The predicted molar refractivity (Wildman–Crippen MR) is 118 cm³/mol. The van der Waals surface area contributed by atoms with E-state index >= 15 is 0 Å². The number of benzene rings is 1. The van der Waals surface area contributed by atoms with Crippen molar-refractivity contribution in [3.05, 3.63) is 53.5 Å². The third-order valence-corrected chi connectivity index (χ3v) is 5.94. The number of Topliss-reactive ketones (excluding diaryl/α,β-unsaturated/α-hetero) is 1. The van der Waals surface area contributed by atoms with Crippen molar-refractivity contribution in [3.8, 4) is 11.5 Å². The zero-order valence-electron chi connectivity index (χ0n) is 18.4. The first-order chi connectivity index (χ1) is 15.5. The molecule has 170 valence electrons. The largest absolute Gasteiger partial charge is 0.507 e. The monoisotopic (exact) mass is 440 g/mol. The van der Waals surface area contributed by atoms with E-state index in [1.165, 1.54) is 11.2 Å². The molecule has 0 aliphatic carbocycles. The second kappa shape index (κ2) is 9.48. The molecule has 1 aromatic carbocycles. The van der Waals surface area contributed by atoms with Crippen LogP contribution in [0.2, 0.25) is 0 Å². The highest BCUT2D eigenvalue weighted by Crippen LogP contribution is 2.41. The number of hydrogen-bond acceptors (Lipinski definition) is 7. The molecule has 1 fully saturated rings. The van der Waals surface area contributed by atoms with Crippen LogP contribution in [0.15, 0.2) is 46.6 Å². The van der Waals surface area contributed by atoms with Crippen LogP contribution in [-0.2, 0) is 9.59 Å². The average Bonchev–Trinajstić information content (AvgIpc) is 3.43. The van der Waals surface area contributed by atoms with Gasteiger partial charge < -0.3 is 28.8 Å². The number of fused-ring (bicyclic) bond motifs is 1. The molecule has 0 unspecified atom stereocenters. The van der Waals surface area contributed by atoms with Crippen molar-refractivity contribution < 1.29 is 28.6 Å². The molecule has 8 nitrogen and oxygen atoms in total. The fourth-order valence-electron chi connectivity index (χ4n) is 4.20. The fraction of sp³-hybridized carbons (Fsp3) is 0.417. The van der Waals surface area contributed by atoms with E-state index < -0.39 is 17.7 Å². The van der Waals surface area contributed by atoms with Gasteiger partial charge in [-0.2, -0.15) is 0 Å². The van der Waals surface area contributed by atoms with Crippen LogP contribution in [0.1, 0.15) is 37.6 Å². The number of aliphatic hydroxyl groups is 1. The Bertz CT molecular complexity index is 1010. The Balaban J connectivity index is 1.68. The molecule has 0 radical (unpaired) electrons. The summed E-state index contributed by atoms with van der Waals surface area (Å²) in [6, 6.07) is 7.59. The van der Waals surface area contributed by atoms with Crippen LogP contribution in [0, 0.1) is 0 Å². The number of hydrogen-bond donors (Lipinski definition) is 1. The maximum atomic E-state index is 13.0. The molecule has 0 bridgehead atoms. The van der Waals surface area contributed by atoms with Gasteiger partial charge in [0.25, 0.3) is 11.7 Å². The number of ketones is 1. The van der Waals surface area contributed by atoms with Gasteiger partial charge in [0.2, 0.25) is 0 Å². The van der Waals surface area contributed by atoms with Gasteiger partial charge in [-0.15, -0.1) is 0 Å². The van der Waals surface area contributed by atoms with Gasteiger partial charge in [0, 0.05) is 12.1 Å². The number of carbonyl (C=O) groups is 2. The summed E-state index contributed by atoms with van der Waals surface area (Å²) < 4.78 is 16.7. The lowest BCUT2D eigenvalue weighted by molar-refractivity contribution is -0.140. The standard InChI is InChI=1S/C24H28N2O6/c1-3-25(4-2)10-6-11-26-21(18-7-5-12-30-18)20(23(28)24(26)29)22(27)16-8-9-17-19(15-16)32-14-13-31-17/h5,7-9,12,15,21,27H,3-4,6,10-11,13-14H2,1-2H3/b22-20-/t21-/m0/s1. The van der Waals surface area contributed by atoms with Crippen LogP contribution in [-0.4, -0.2) is 66.0 Å². The Morgan fingerprint density at radius 1 is 1.12 bits per heavy atom. The third kappa shape index (κ3) is 4.10. The van der Waals surface area contributed by atoms with Crippen LogP contribution < -0.4 is 9.47 Å². The van der Waals surface area contributed by atoms with E-state index in [2.05, 4.69) is 18.7 Å². The van der Waals surface area contributed by atoms with E-state index in [0.717, 1.165) is 19.6 Å². The molecule has 0 saturated carbocycles. The summed E-state index contributed by atoms with van der Waals surface area (Å²) in [6.07, 6.45) is 2.20. The molecule has 1 aromatic heterocycles. The molecule has 1 amide bonds. The van der Waals surface area contributed by atoms with Gasteiger partial charge in [0.15, 0.2) is 11.5 Å². The molecule has 3 heterocycles. The van der Waals surface area contributed by atoms with E-state index in [1.54, 1.807) is 30.3 Å². The van der Waals surface area contributed by atoms with E-state index in [-0.39, 0.29) is 11.3 Å². The van der Waals surface area contributed by atoms with Gasteiger partial charge >= 0.3 is 0 Å². The van der Waals surface area contributed by atoms with Crippen LogP contribution in [0.3, 0.4) is 0 Å². The van der Waals surface area contributed by atoms with Gasteiger partial charge in [-0.05, 0) is 56.4 Å². The summed E-state index contributed by atoms with van der Waals surface area (Å²) in [4.78, 5) is 29.7. The Morgan fingerprint density at radius 2 is 1.88 bits per heavy atom. The van der Waals surface area contributed by atoms with Crippen LogP contribution in [0.25, 0.3) is 5.76 Å². The molecular formula is C24H28N2O6. The molecule has 8 heteroatoms. The highest BCUT2D eigenvalue weighted by molar-refractivity contribution is 6.46. The van der Waals surface area contributed by atoms with E-state index in [9.17, 15) is 14.7 Å². The summed E-state index contributed by atoms with van der Waals surface area (Å²) in [5.74, 6) is -0.110. The molecule has 4 rings (SSSR count). The second-order valence-electron chi connectivity index (χ2n) is 7.75. The molecule has 1 atom stereocenters. The number of ether oxygens (including phenoxy) is 2. The first-order valence-corrected chi connectivity index (χ1v) is 11.0. The van der Waals surface area contributed by atoms with Crippen molar-refractivity contribution >= 4 is 17.4 Å². The minimum atomic E-state index is -0.782. The van der Waals surface area contributed by atoms with Crippen LogP contribution in [0.5, 0.6) is 11.5 Å². The minimum absolute atomic E-state index is 0.0180. The van der Waals surface area contributed by atoms with Gasteiger partial charge in [0.05, 0.1) is 11.8 Å². The van der Waals surface area contributed by atoms with E-state index in [1.807, 2.05) is 0 Å². The van der Waals surface area contributed by atoms with Gasteiger partial charge in [-0.25, -0.2) is 0 Å². The molecular weight excluding hydrogens is 412 g/mol. The number of amides is 1. The Labute approximate surface area is 187 Å². The van der Waals surface area contributed by atoms with Crippen molar-refractivity contribution in [3.63, 3.8) is 0 Å². The lowest BCUT2D eigenvalue weighted by Gasteiger charge is -2.25. The van der Waals surface area contributed by atoms with Crippen LogP contribution >= 0.6 is 0 Å². The summed E-state index contributed by atoms with van der Waals surface area (Å²) in [6.45, 7) is 8.06. The van der Waals surface area contributed by atoms with Gasteiger partial charge in [0.1, 0.15) is 30.8 Å². The summed E-state index contributed by atoms with van der Waals surface area (Å²) in [5.41, 5.74) is 0.399. The minimum Gasteiger partial charge on any atom is -0.507 e. The smallest absolute Gasteiger partial charge is 0.295 e. The summed E-state index contributed by atoms with van der Waals surface area (Å²) in [7, 11) is 0. The molecule has 2 aromatic rings. The topological polar surface area (TPSA) is 92.5 Å². The second-order valence-corrected chi connectivity index (χ2v) is 7.75. The maximum Gasteiger partial charge on any atom is 0.295 e. The Kier molecular flexibility index (Phi) is 6.50. The number of furan rings is 1. The van der Waals surface area contributed by atoms with Crippen molar-refractivity contribution in [2.45, 2.75) is 26.3 Å². The van der Waals surface area contributed by atoms with Crippen molar-refractivity contribution in [2.24, 2.45) is 0 Å².